The number of anilines is 1. The maximum Gasteiger partial charge on any atom is 0.321 e. The highest BCUT2D eigenvalue weighted by Crippen LogP contribution is 2.03. The number of carbonyl (C=O) groups is 2. The molecule has 0 radical (unpaired) electrons. The van der Waals surface area contributed by atoms with Crippen LogP contribution in [0.4, 0.5) is 5.95 Å². The third kappa shape index (κ3) is 5.27. The maximum absolute atomic E-state index is 11.4. The minimum absolute atomic E-state index is 0.110. The Kier molecular flexibility index (Phi) is 5.37. The summed E-state index contributed by atoms with van der Waals surface area (Å²) in [5.74, 6) is -0.860. The minimum atomic E-state index is -1.08. The van der Waals surface area contributed by atoms with E-state index in [0.717, 1.165) is 11.8 Å². The molecule has 0 unspecified atom stereocenters. The number of carboxylic acids is 1. The molecular formula is C9H12N4O3S. The molecule has 0 spiro atoms. The minimum Gasteiger partial charge on any atom is -0.480 e. The Bertz CT molecular complexity index is 387. The van der Waals surface area contributed by atoms with Crippen LogP contribution in [-0.4, -0.2) is 44.5 Å². The molecule has 1 aromatic rings. The van der Waals surface area contributed by atoms with Gasteiger partial charge in [0.05, 0.1) is 5.75 Å². The molecule has 0 aliphatic heterocycles. The molecule has 0 aliphatic rings. The molecule has 7 nitrogen and oxygen atoms in total. The predicted octanol–water partition coefficient (Wildman–Crippen LogP) is -0.440. The van der Waals surface area contributed by atoms with E-state index in [2.05, 4.69) is 15.3 Å². The molecule has 0 bridgehead atoms. The normalized spacial score (nSPS) is 11.8. The van der Waals surface area contributed by atoms with Crippen LogP contribution in [0.15, 0.2) is 18.5 Å². The van der Waals surface area contributed by atoms with E-state index in [4.69, 9.17) is 10.8 Å². The van der Waals surface area contributed by atoms with Crippen LogP contribution in [0.25, 0.3) is 0 Å². The molecule has 1 rings (SSSR count). The van der Waals surface area contributed by atoms with Crippen molar-refractivity contribution in [2.24, 2.45) is 5.73 Å². The Morgan fingerprint density at radius 2 is 2.12 bits per heavy atom. The van der Waals surface area contributed by atoms with Gasteiger partial charge in [-0.25, -0.2) is 9.97 Å². The number of thioether (sulfide) groups is 1. The first-order valence-corrected chi connectivity index (χ1v) is 5.88. The molecule has 17 heavy (non-hydrogen) atoms. The van der Waals surface area contributed by atoms with Crippen LogP contribution in [0.5, 0.6) is 0 Å². The van der Waals surface area contributed by atoms with Crippen molar-refractivity contribution in [3.63, 3.8) is 0 Å². The Labute approximate surface area is 102 Å². The van der Waals surface area contributed by atoms with Gasteiger partial charge in [0.2, 0.25) is 11.9 Å². The van der Waals surface area contributed by atoms with Crippen molar-refractivity contribution >= 4 is 29.6 Å². The van der Waals surface area contributed by atoms with Crippen LogP contribution in [-0.2, 0) is 9.59 Å². The molecule has 1 atom stereocenters. The first kappa shape index (κ1) is 13.4. The number of aromatic nitrogens is 2. The Balaban J connectivity index is 2.25. The highest BCUT2D eigenvalue weighted by Gasteiger charge is 2.12. The van der Waals surface area contributed by atoms with E-state index in [-0.39, 0.29) is 23.4 Å². The van der Waals surface area contributed by atoms with Crippen molar-refractivity contribution in [3.8, 4) is 0 Å². The summed E-state index contributed by atoms with van der Waals surface area (Å²) >= 11 is 1.14. The summed E-state index contributed by atoms with van der Waals surface area (Å²) in [6.45, 7) is 0. The topological polar surface area (TPSA) is 118 Å². The van der Waals surface area contributed by atoms with Gasteiger partial charge in [-0.15, -0.1) is 11.8 Å². The Morgan fingerprint density at radius 1 is 1.47 bits per heavy atom. The van der Waals surface area contributed by atoms with E-state index in [1.807, 2.05) is 0 Å². The van der Waals surface area contributed by atoms with Crippen LogP contribution in [0.1, 0.15) is 0 Å². The number of carbonyl (C=O) groups excluding carboxylic acids is 1. The van der Waals surface area contributed by atoms with Gasteiger partial charge in [0.15, 0.2) is 0 Å². The van der Waals surface area contributed by atoms with E-state index in [9.17, 15) is 9.59 Å². The molecule has 0 saturated carbocycles. The number of amides is 1. The first-order chi connectivity index (χ1) is 8.09. The van der Waals surface area contributed by atoms with Crippen LogP contribution >= 0.6 is 11.8 Å². The quantitative estimate of drug-likeness (QED) is 0.631. The average molecular weight is 256 g/mol. The monoisotopic (exact) mass is 256 g/mol. The van der Waals surface area contributed by atoms with Crippen molar-refractivity contribution in [2.45, 2.75) is 6.04 Å². The van der Waals surface area contributed by atoms with Crippen molar-refractivity contribution in [1.29, 1.82) is 0 Å². The second-order valence-corrected chi connectivity index (χ2v) is 4.11. The summed E-state index contributed by atoms with van der Waals surface area (Å²) in [7, 11) is 0. The van der Waals surface area contributed by atoms with Crippen LogP contribution < -0.4 is 11.1 Å². The highest BCUT2D eigenvalue weighted by molar-refractivity contribution is 8.00. The smallest absolute Gasteiger partial charge is 0.321 e. The zero-order chi connectivity index (χ0) is 12.7. The molecular weight excluding hydrogens is 244 g/mol. The van der Waals surface area contributed by atoms with E-state index in [1.54, 1.807) is 6.07 Å². The van der Waals surface area contributed by atoms with Gasteiger partial charge in [-0.1, -0.05) is 0 Å². The van der Waals surface area contributed by atoms with Crippen LogP contribution in [0.2, 0.25) is 0 Å². The fourth-order valence-corrected chi connectivity index (χ4v) is 1.65. The average Bonchev–Trinajstić information content (AvgIpc) is 2.30. The zero-order valence-corrected chi connectivity index (χ0v) is 9.68. The summed E-state index contributed by atoms with van der Waals surface area (Å²) in [5, 5.41) is 11.0. The Hall–Kier alpha value is -1.67. The summed E-state index contributed by atoms with van der Waals surface area (Å²) < 4.78 is 0. The van der Waals surface area contributed by atoms with Crippen LogP contribution in [0, 0.1) is 0 Å². The highest BCUT2D eigenvalue weighted by atomic mass is 32.2. The zero-order valence-electron chi connectivity index (χ0n) is 8.87. The van der Waals surface area contributed by atoms with Gasteiger partial charge in [-0.05, 0) is 6.07 Å². The van der Waals surface area contributed by atoms with Crippen LogP contribution in [0.3, 0.4) is 0 Å². The second kappa shape index (κ2) is 6.81. The number of rotatable bonds is 6. The number of nitrogens with one attached hydrogen (secondary N) is 1. The number of nitrogens with zero attached hydrogens (tertiary/aromatic N) is 2. The fourth-order valence-electron chi connectivity index (χ4n) is 0.874. The van der Waals surface area contributed by atoms with Gasteiger partial charge < -0.3 is 10.8 Å². The van der Waals surface area contributed by atoms with Gasteiger partial charge >= 0.3 is 5.97 Å². The number of carboxylic acid groups (broad SMARTS) is 1. The van der Waals surface area contributed by atoms with E-state index < -0.39 is 12.0 Å². The lowest BCUT2D eigenvalue weighted by Gasteiger charge is -2.05. The third-order valence-corrected chi connectivity index (χ3v) is 2.73. The summed E-state index contributed by atoms with van der Waals surface area (Å²) in [4.78, 5) is 29.4. The molecule has 4 N–H and O–H groups in total. The van der Waals surface area contributed by atoms with Crippen molar-refractivity contribution in [2.75, 3.05) is 16.8 Å². The lowest BCUT2D eigenvalue weighted by Crippen LogP contribution is -2.33. The maximum atomic E-state index is 11.4. The standard InChI is InChI=1S/C9H12N4O3S/c10-6(8(15)16)4-17-5-7(14)13-9-11-2-1-3-12-9/h1-3,6H,4-5,10H2,(H,15,16)(H,11,12,13,14)/t6-/m0/s1. The van der Waals surface area contributed by atoms with Crippen molar-refractivity contribution < 1.29 is 14.7 Å². The van der Waals surface area contributed by atoms with Gasteiger partial charge in [0, 0.05) is 18.1 Å². The van der Waals surface area contributed by atoms with Gasteiger partial charge in [-0.3, -0.25) is 14.9 Å². The van der Waals surface area contributed by atoms with Gasteiger partial charge in [-0.2, -0.15) is 0 Å². The van der Waals surface area contributed by atoms with Crippen molar-refractivity contribution in [3.05, 3.63) is 18.5 Å². The molecule has 0 fully saturated rings. The number of hydrogen-bond donors (Lipinski definition) is 3. The SMILES string of the molecule is N[C@@H](CSCC(=O)Nc1ncccn1)C(=O)O. The fraction of sp³-hybridized carbons (Fsp3) is 0.333. The lowest BCUT2D eigenvalue weighted by atomic mass is 10.4. The third-order valence-electron chi connectivity index (χ3n) is 1.66. The lowest BCUT2D eigenvalue weighted by molar-refractivity contribution is -0.137. The number of aliphatic carboxylic acids is 1. The van der Waals surface area contributed by atoms with Crippen molar-refractivity contribution in [1.82, 2.24) is 9.97 Å². The summed E-state index contributed by atoms with van der Waals surface area (Å²) in [6.07, 6.45) is 3.02. The first-order valence-electron chi connectivity index (χ1n) is 4.72. The molecule has 0 aliphatic carbocycles. The van der Waals surface area contributed by atoms with E-state index in [1.165, 1.54) is 12.4 Å². The molecule has 8 heteroatoms. The van der Waals surface area contributed by atoms with E-state index in [0.29, 0.717) is 0 Å². The molecule has 0 aromatic carbocycles. The van der Waals surface area contributed by atoms with E-state index >= 15 is 0 Å². The summed E-state index contributed by atoms with van der Waals surface area (Å²) in [6, 6.07) is 0.678. The van der Waals surface area contributed by atoms with Gasteiger partial charge in [0.1, 0.15) is 6.04 Å². The molecule has 92 valence electrons. The molecule has 0 saturated heterocycles. The predicted molar refractivity (Wildman–Crippen MR) is 63.6 cm³/mol. The summed E-state index contributed by atoms with van der Waals surface area (Å²) in [5.41, 5.74) is 5.28. The number of nitrogens with two attached hydrogens (primary N) is 1. The number of hydrogen-bond acceptors (Lipinski definition) is 6. The largest absolute Gasteiger partial charge is 0.480 e. The molecule has 1 amide bonds. The Morgan fingerprint density at radius 3 is 2.71 bits per heavy atom. The molecule has 1 heterocycles. The molecule has 1 aromatic heterocycles. The second-order valence-electron chi connectivity index (χ2n) is 3.08. The van der Waals surface area contributed by atoms with Gasteiger partial charge in [0.25, 0.3) is 0 Å².